The third-order valence-corrected chi connectivity index (χ3v) is 5.84. The highest BCUT2D eigenvalue weighted by molar-refractivity contribution is 7.89. The van der Waals surface area contributed by atoms with Gasteiger partial charge < -0.3 is 10.6 Å². The molecule has 112 valence electrons. The standard InChI is InChI=1S/C13H20ClN3O2S/c1-16-6-5-10(8-16)9-17(2)20(18,19)11-3-4-12(14)13(15)7-11/h3-4,7,10H,5-6,8-9,15H2,1-2H3. The lowest BCUT2D eigenvalue weighted by Gasteiger charge is -2.21. The van der Waals surface area contributed by atoms with Gasteiger partial charge in [0.25, 0.3) is 0 Å². The van der Waals surface area contributed by atoms with Gasteiger partial charge in [0.05, 0.1) is 15.6 Å². The summed E-state index contributed by atoms with van der Waals surface area (Å²) in [4.78, 5) is 2.40. The summed E-state index contributed by atoms with van der Waals surface area (Å²) in [6, 6.07) is 4.42. The van der Waals surface area contributed by atoms with Crippen molar-refractivity contribution in [3.8, 4) is 0 Å². The SMILES string of the molecule is CN1CCC(CN(C)S(=O)(=O)c2ccc(Cl)c(N)c2)C1. The van der Waals surface area contributed by atoms with Crippen LogP contribution in [0.2, 0.25) is 5.02 Å². The van der Waals surface area contributed by atoms with Crippen LogP contribution in [0.25, 0.3) is 0 Å². The Bertz CT molecular complexity index is 591. The largest absolute Gasteiger partial charge is 0.397 e. The third-order valence-electron chi connectivity index (χ3n) is 3.68. The van der Waals surface area contributed by atoms with Crippen molar-refractivity contribution in [2.45, 2.75) is 11.3 Å². The number of hydrogen-bond acceptors (Lipinski definition) is 4. The predicted molar refractivity (Wildman–Crippen MR) is 81.3 cm³/mol. The second-order valence-corrected chi connectivity index (χ2v) is 7.84. The number of benzene rings is 1. The van der Waals surface area contributed by atoms with Gasteiger partial charge in [0.15, 0.2) is 0 Å². The summed E-state index contributed by atoms with van der Waals surface area (Å²) in [6.07, 6.45) is 1.03. The van der Waals surface area contributed by atoms with E-state index in [1.807, 2.05) is 7.05 Å². The molecule has 0 aromatic heterocycles. The minimum atomic E-state index is -3.51. The quantitative estimate of drug-likeness (QED) is 0.855. The van der Waals surface area contributed by atoms with E-state index in [-0.39, 0.29) is 10.6 Å². The fourth-order valence-corrected chi connectivity index (χ4v) is 3.90. The number of rotatable bonds is 4. The maximum Gasteiger partial charge on any atom is 0.242 e. The summed E-state index contributed by atoms with van der Waals surface area (Å²) in [7, 11) is 0.153. The molecular formula is C13H20ClN3O2S. The molecule has 1 saturated heterocycles. The number of nitrogens with zero attached hydrogens (tertiary/aromatic N) is 2. The summed E-state index contributed by atoms with van der Waals surface area (Å²) < 4.78 is 26.4. The van der Waals surface area contributed by atoms with E-state index >= 15 is 0 Å². The second-order valence-electron chi connectivity index (χ2n) is 5.39. The fraction of sp³-hybridized carbons (Fsp3) is 0.538. The van der Waals surface area contributed by atoms with Gasteiger partial charge in [-0.3, -0.25) is 0 Å². The second kappa shape index (κ2) is 5.89. The Balaban J connectivity index is 2.14. The fourth-order valence-electron chi connectivity index (χ4n) is 2.50. The highest BCUT2D eigenvalue weighted by Gasteiger charge is 2.27. The number of sulfonamides is 1. The zero-order chi connectivity index (χ0) is 14.9. The van der Waals surface area contributed by atoms with Crippen LogP contribution in [0.4, 0.5) is 5.69 Å². The molecule has 0 amide bonds. The molecule has 0 radical (unpaired) electrons. The van der Waals surface area contributed by atoms with Crippen LogP contribution in [-0.4, -0.2) is 51.4 Å². The topological polar surface area (TPSA) is 66.6 Å². The van der Waals surface area contributed by atoms with Crippen molar-refractivity contribution in [3.05, 3.63) is 23.2 Å². The number of anilines is 1. The first-order chi connectivity index (χ1) is 9.30. The average Bonchev–Trinajstić information content (AvgIpc) is 2.78. The van der Waals surface area contributed by atoms with Crippen LogP contribution in [0.15, 0.2) is 23.1 Å². The molecule has 1 atom stereocenters. The maximum absolute atomic E-state index is 12.5. The first-order valence-electron chi connectivity index (χ1n) is 6.50. The van der Waals surface area contributed by atoms with Crippen molar-refractivity contribution in [2.24, 2.45) is 5.92 Å². The van der Waals surface area contributed by atoms with Gasteiger partial charge in [0, 0.05) is 20.1 Å². The van der Waals surface area contributed by atoms with Crippen molar-refractivity contribution < 1.29 is 8.42 Å². The minimum Gasteiger partial charge on any atom is -0.397 e. The number of hydrogen-bond donors (Lipinski definition) is 1. The van der Waals surface area contributed by atoms with Crippen molar-refractivity contribution in [2.75, 3.05) is 39.5 Å². The molecule has 1 aliphatic heterocycles. The van der Waals surface area contributed by atoms with E-state index in [4.69, 9.17) is 17.3 Å². The molecule has 1 fully saturated rings. The Labute approximate surface area is 125 Å². The van der Waals surface area contributed by atoms with Gasteiger partial charge in [0.1, 0.15) is 0 Å². The molecule has 0 saturated carbocycles. The number of halogens is 1. The molecule has 2 N–H and O–H groups in total. The zero-order valence-corrected chi connectivity index (χ0v) is 13.3. The van der Waals surface area contributed by atoms with Gasteiger partial charge >= 0.3 is 0 Å². The van der Waals surface area contributed by atoms with Crippen molar-refractivity contribution >= 4 is 27.3 Å². The monoisotopic (exact) mass is 317 g/mol. The maximum atomic E-state index is 12.5. The summed E-state index contributed by atoms with van der Waals surface area (Å²) in [5.41, 5.74) is 5.96. The van der Waals surface area contributed by atoms with Crippen LogP contribution in [0.5, 0.6) is 0 Å². The van der Waals surface area contributed by atoms with E-state index in [9.17, 15) is 8.42 Å². The Morgan fingerprint density at radius 1 is 1.50 bits per heavy atom. The summed E-state index contributed by atoms with van der Waals surface area (Å²) in [5, 5.41) is 0.365. The van der Waals surface area contributed by atoms with Gasteiger partial charge in [-0.05, 0) is 44.1 Å². The van der Waals surface area contributed by atoms with Gasteiger partial charge in [-0.2, -0.15) is 0 Å². The highest BCUT2D eigenvalue weighted by Crippen LogP contribution is 2.25. The third kappa shape index (κ3) is 3.25. The number of nitrogen functional groups attached to an aromatic ring is 1. The lowest BCUT2D eigenvalue weighted by molar-refractivity contribution is 0.357. The summed E-state index contributed by atoms with van der Waals surface area (Å²) in [6.45, 7) is 2.48. The molecule has 1 aromatic carbocycles. The van der Waals surface area contributed by atoms with E-state index in [0.29, 0.717) is 17.5 Å². The van der Waals surface area contributed by atoms with E-state index in [2.05, 4.69) is 4.90 Å². The highest BCUT2D eigenvalue weighted by atomic mass is 35.5. The molecule has 2 rings (SSSR count). The van der Waals surface area contributed by atoms with Crippen LogP contribution in [0, 0.1) is 5.92 Å². The zero-order valence-electron chi connectivity index (χ0n) is 11.7. The van der Waals surface area contributed by atoms with Gasteiger partial charge in [-0.1, -0.05) is 11.6 Å². The molecule has 7 heteroatoms. The van der Waals surface area contributed by atoms with Crippen LogP contribution in [0.1, 0.15) is 6.42 Å². The van der Waals surface area contributed by atoms with Crippen LogP contribution < -0.4 is 5.73 Å². The molecule has 0 bridgehead atoms. The van der Waals surface area contributed by atoms with Crippen molar-refractivity contribution in [3.63, 3.8) is 0 Å². The molecule has 5 nitrogen and oxygen atoms in total. The Morgan fingerprint density at radius 2 is 2.20 bits per heavy atom. The van der Waals surface area contributed by atoms with Crippen LogP contribution >= 0.6 is 11.6 Å². The molecule has 1 aliphatic rings. The number of likely N-dealkylation sites (tertiary alicyclic amines) is 1. The first-order valence-corrected chi connectivity index (χ1v) is 8.32. The normalized spacial score (nSPS) is 20.7. The molecule has 1 unspecified atom stereocenters. The van der Waals surface area contributed by atoms with Crippen LogP contribution in [0.3, 0.4) is 0 Å². The Kier molecular flexibility index (Phi) is 4.59. The van der Waals surface area contributed by atoms with Gasteiger partial charge in [-0.15, -0.1) is 0 Å². The number of nitrogens with two attached hydrogens (primary N) is 1. The van der Waals surface area contributed by atoms with Gasteiger partial charge in [0.2, 0.25) is 10.0 Å². The molecule has 0 spiro atoms. The summed E-state index contributed by atoms with van der Waals surface area (Å²) >= 11 is 5.82. The summed E-state index contributed by atoms with van der Waals surface area (Å²) in [5.74, 6) is 0.379. The van der Waals surface area contributed by atoms with Gasteiger partial charge in [-0.25, -0.2) is 12.7 Å². The first kappa shape index (κ1) is 15.6. The van der Waals surface area contributed by atoms with Crippen molar-refractivity contribution in [1.82, 2.24) is 9.21 Å². The Morgan fingerprint density at radius 3 is 2.75 bits per heavy atom. The minimum absolute atomic E-state index is 0.188. The predicted octanol–water partition coefficient (Wildman–Crippen LogP) is 1.49. The molecule has 1 heterocycles. The molecule has 1 aromatic rings. The Hall–Kier alpha value is -0.820. The average molecular weight is 318 g/mol. The van der Waals surface area contributed by atoms with E-state index in [1.165, 1.54) is 22.5 Å². The van der Waals surface area contributed by atoms with Crippen molar-refractivity contribution in [1.29, 1.82) is 0 Å². The lowest BCUT2D eigenvalue weighted by Crippen LogP contribution is -2.32. The smallest absolute Gasteiger partial charge is 0.242 e. The molecule has 20 heavy (non-hydrogen) atoms. The van der Waals surface area contributed by atoms with Crippen LogP contribution in [-0.2, 0) is 10.0 Å². The van der Waals surface area contributed by atoms with E-state index in [1.54, 1.807) is 7.05 Å². The molecular weight excluding hydrogens is 298 g/mol. The van der Waals surface area contributed by atoms with E-state index < -0.39 is 10.0 Å². The van der Waals surface area contributed by atoms with E-state index in [0.717, 1.165) is 19.5 Å². The molecule has 0 aliphatic carbocycles. The lowest BCUT2D eigenvalue weighted by atomic mass is 10.1.